The van der Waals surface area contributed by atoms with Crippen molar-refractivity contribution in [1.82, 2.24) is 0 Å². The van der Waals surface area contributed by atoms with Gasteiger partial charge in [0, 0.05) is 17.6 Å². The summed E-state index contributed by atoms with van der Waals surface area (Å²) in [5, 5.41) is 53.8. The van der Waals surface area contributed by atoms with Gasteiger partial charge in [0.15, 0.2) is 0 Å². The quantitative estimate of drug-likeness (QED) is 0.319. The number of aliphatic hydroxyl groups is 5. The number of esters is 1. The zero-order valence-corrected chi connectivity index (χ0v) is 19.7. The second-order valence-corrected chi connectivity index (χ2v) is 11.8. The molecule has 5 N–H and O–H groups in total. The average Bonchev–Trinajstić information content (AvgIpc) is 3.30. The normalized spacial score (nSPS) is 51.0. The van der Waals surface area contributed by atoms with Crippen molar-refractivity contribution in [2.75, 3.05) is 0 Å². The number of cyclic esters (lactones) is 1. The maximum atomic E-state index is 11.5. The van der Waals surface area contributed by atoms with E-state index in [1.54, 1.807) is 0 Å². The summed E-state index contributed by atoms with van der Waals surface area (Å²) in [7, 11) is 0. The first-order valence-corrected chi connectivity index (χ1v) is 12.5. The Hall–Kier alpha value is -1.25. The van der Waals surface area contributed by atoms with Crippen molar-refractivity contribution in [3.05, 3.63) is 23.3 Å². The van der Waals surface area contributed by atoms with Crippen LogP contribution in [0.3, 0.4) is 0 Å². The van der Waals surface area contributed by atoms with Crippen LogP contribution < -0.4 is 0 Å². The number of hydrogen-bond acceptors (Lipinski definition) is 7. The minimum Gasteiger partial charge on any atom is -0.429 e. The lowest BCUT2D eigenvalue weighted by molar-refractivity contribution is -0.218. The molecule has 0 bridgehead atoms. The van der Waals surface area contributed by atoms with Crippen LogP contribution in [0.4, 0.5) is 0 Å². The second-order valence-electron chi connectivity index (χ2n) is 11.8. The van der Waals surface area contributed by atoms with Gasteiger partial charge in [-0.3, -0.25) is 0 Å². The van der Waals surface area contributed by atoms with Gasteiger partial charge >= 0.3 is 5.97 Å². The third kappa shape index (κ3) is 3.30. The first-order valence-electron chi connectivity index (χ1n) is 12.5. The Bertz CT molecular complexity index is 882. The summed E-state index contributed by atoms with van der Waals surface area (Å²) >= 11 is 0. The average molecular weight is 463 g/mol. The molecule has 7 heteroatoms. The van der Waals surface area contributed by atoms with Crippen molar-refractivity contribution in [2.24, 2.45) is 40.4 Å². The summed E-state index contributed by atoms with van der Waals surface area (Å²) in [6, 6.07) is 0. The summed E-state index contributed by atoms with van der Waals surface area (Å²) in [6.45, 7) is 6.37. The number of ether oxygens (including phenoxy) is 1. The van der Waals surface area contributed by atoms with Gasteiger partial charge in [-0.05, 0) is 73.0 Å². The van der Waals surface area contributed by atoms with Crippen LogP contribution in [-0.4, -0.2) is 62.2 Å². The number of rotatable bonds is 3. The van der Waals surface area contributed by atoms with Crippen molar-refractivity contribution >= 4 is 5.97 Å². The fourth-order valence-electron chi connectivity index (χ4n) is 8.66. The van der Waals surface area contributed by atoms with Crippen molar-refractivity contribution in [2.45, 2.75) is 90.0 Å². The SMILES string of the molecule is C[C@@H](C1=CC[C@@H]2[C@@H]3[C@@H](O)[C@H](O)[C@H]4C[C@@H](O)CC[C@]4(C)[C@H]3CC[C@]12C)[C@@H](O)C1=CC(=O)OC1O. The topological polar surface area (TPSA) is 127 Å². The molecule has 0 amide bonds. The van der Waals surface area contributed by atoms with Gasteiger partial charge in [0.05, 0.1) is 24.4 Å². The molecule has 7 nitrogen and oxygen atoms in total. The van der Waals surface area contributed by atoms with Crippen molar-refractivity contribution < 1.29 is 35.1 Å². The molecule has 1 aliphatic heterocycles. The molecule has 4 aliphatic carbocycles. The van der Waals surface area contributed by atoms with E-state index >= 15 is 0 Å². The molecular weight excluding hydrogens is 424 g/mol. The Balaban J connectivity index is 1.42. The molecule has 0 spiro atoms. The van der Waals surface area contributed by atoms with Gasteiger partial charge in [-0.1, -0.05) is 32.4 Å². The van der Waals surface area contributed by atoms with Crippen LogP contribution in [0.1, 0.15) is 59.3 Å². The zero-order valence-electron chi connectivity index (χ0n) is 19.7. The summed E-state index contributed by atoms with van der Waals surface area (Å²) in [5.41, 5.74) is 0.945. The van der Waals surface area contributed by atoms with Gasteiger partial charge in [-0.25, -0.2) is 4.79 Å². The lowest BCUT2D eigenvalue weighted by atomic mass is 9.43. The van der Waals surface area contributed by atoms with Crippen molar-refractivity contribution in [3.8, 4) is 0 Å². The minimum absolute atomic E-state index is 0.0467. The number of fused-ring (bicyclic) bond motifs is 5. The summed E-state index contributed by atoms with van der Waals surface area (Å²) < 4.78 is 4.77. The summed E-state index contributed by atoms with van der Waals surface area (Å²) in [5.74, 6) is -0.668. The molecule has 1 unspecified atom stereocenters. The molecule has 5 aliphatic rings. The van der Waals surface area contributed by atoms with E-state index in [1.807, 2.05) is 6.92 Å². The van der Waals surface area contributed by atoms with Gasteiger partial charge < -0.3 is 30.3 Å². The van der Waals surface area contributed by atoms with Crippen LogP contribution in [-0.2, 0) is 9.53 Å². The van der Waals surface area contributed by atoms with E-state index in [4.69, 9.17) is 4.74 Å². The van der Waals surface area contributed by atoms with Crippen LogP contribution in [0.2, 0.25) is 0 Å². The van der Waals surface area contributed by atoms with Crippen LogP contribution >= 0.6 is 0 Å². The maximum absolute atomic E-state index is 11.5. The van der Waals surface area contributed by atoms with Gasteiger partial charge in [-0.15, -0.1) is 0 Å². The first kappa shape index (κ1) is 23.5. The van der Waals surface area contributed by atoms with Gasteiger partial charge in [-0.2, -0.15) is 0 Å². The standard InChI is InChI=1S/C26H38O7/c1-12(21(29)14-11-19(28)33-24(14)32)15-4-5-16-20-17(7-9-25(15,16)2)26(3)8-6-13(27)10-18(26)22(30)23(20)31/h4,11-13,16-18,20-24,27,29-32H,5-10H2,1-3H3/t12-,13-,16+,17-,18+,20-,21+,22+,23+,24?,25+,26+/m0/s1. The van der Waals surface area contributed by atoms with E-state index in [-0.39, 0.29) is 46.0 Å². The Morgan fingerprint density at radius 2 is 1.76 bits per heavy atom. The highest BCUT2D eigenvalue weighted by atomic mass is 16.6. The van der Waals surface area contributed by atoms with E-state index in [2.05, 4.69) is 19.9 Å². The lowest BCUT2D eigenvalue weighted by Gasteiger charge is -2.63. The van der Waals surface area contributed by atoms with Crippen LogP contribution in [0, 0.1) is 40.4 Å². The van der Waals surface area contributed by atoms with Crippen LogP contribution in [0.25, 0.3) is 0 Å². The maximum Gasteiger partial charge on any atom is 0.333 e. The number of allylic oxidation sites excluding steroid dienone is 1. The molecular formula is C26H38O7. The van der Waals surface area contributed by atoms with Gasteiger partial charge in [0.2, 0.25) is 6.29 Å². The van der Waals surface area contributed by atoms with Gasteiger partial charge in [0.25, 0.3) is 0 Å². The van der Waals surface area contributed by atoms with Crippen LogP contribution in [0.15, 0.2) is 23.3 Å². The largest absolute Gasteiger partial charge is 0.429 e. The Labute approximate surface area is 195 Å². The predicted octanol–water partition coefficient (Wildman–Crippen LogP) is 1.67. The third-order valence-electron chi connectivity index (χ3n) is 10.5. The third-order valence-corrected chi connectivity index (χ3v) is 10.5. The molecule has 12 atom stereocenters. The highest BCUT2D eigenvalue weighted by Crippen LogP contribution is 2.67. The second kappa shape index (κ2) is 7.89. The van der Waals surface area contributed by atoms with Crippen molar-refractivity contribution in [3.63, 3.8) is 0 Å². The molecule has 0 saturated heterocycles. The smallest absolute Gasteiger partial charge is 0.333 e. The summed E-state index contributed by atoms with van der Waals surface area (Å²) in [4.78, 5) is 11.5. The molecule has 0 aromatic carbocycles. The van der Waals surface area contributed by atoms with E-state index in [1.165, 1.54) is 6.08 Å². The molecule has 0 aromatic rings. The molecule has 3 saturated carbocycles. The lowest BCUT2D eigenvalue weighted by Crippen LogP contribution is -2.64. The molecule has 184 valence electrons. The molecule has 5 rings (SSSR count). The first-order chi connectivity index (χ1) is 15.5. The molecule has 0 radical (unpaired) electrons. The minimum atomic E-state index is -1.41. The molecule has 3 fully saturated rings. The Kier molecular flexibility index (Phi) is 5.61. The number of hydrogen-bond donors (Lipinski definition) is 5. The monoisotopic (exact) mass is 462 g/mol. The van der Waals surface area contributed by atoms with Gasteiger partial charge in [0.1, 0.15) is 0 Å². The predicted molar refractivity (Wildman–Crippen MR) is 119 cm³/mol. The highest BCUT2D eigenvalue weighted by Gasteiger charge is 2.64. The van der Waals surface area contributed by atoms with E-state index in [9.17, 15) is 30.3 Å². The van der Waals surface area contributed by atoms with Crippen molar-refractivity contribution in [1.29, 1.82) is 0 Å². The van der Waals surface area contributed by atoms with E-state index in [0.29, 0.717) is 6.42 Å². The fourth-order valence-corrected chi connectivity index (χ4v) is 8.66. The number of aliphatic hydroxyl groups excluding tert-OH is 5. The molecule has 1 heterocycles. The molecule has 0 aromatic heterocycles. The number of carbonyl (C=O) groups is 1. The van der Waals surface area contributed by atoms with Crippen LogP contribution in [0.5, 0.6) is 0 Å². The highest BCUT2D eigenvalue weighted by molar-refractivity contribution is 5.85. The summed E-state index contributed by atoms with van der Waals surface area (Å²) in [6.07, 6.45) is 3.59. The molecule has 33 heavy (non-hydrogen) atoms. The Morgan fingerprint density at radius 3 is 2.42 bits per heavy atom. The zero-order chi connectivity index (χ0) is 23.9. The fraction of sp³-hybridized carbons (Fsp3) is 0.808. The van der Waals surface area contributed by atoms with E-state index < -0.39 is 36.7 Å². The number of carbonyl (C=O) groups excluding carboxylic acids is 1. The van der Waals surface area contributed by atoms with E-state index in [0.717, 1.165) is 37.7 Å². The Morgan fingerprint density at radius 1 is 1.03 bits per heavy atom.